The van der Waals surface area contributed by atoms with Gasteiger partial charge in [0.15, 0.2) is 0 Å². The lowest BCUT2D eigenvalue weighted by atomic mass is 10.2. The Kier molecular flexibility index (Phi) is 4.69. The van der Waals surface area contributed by atoms with Crippen LogP contribution in [-0.4, -0.2) is 24.6 Å². The molecule has 1 heterocycles. The number of hydrogen-bond donors (Lipinski definition) is 1. The molecule has 2 nitrogen and oxygen atoms in total. The van der Waals surface area contributed by atoms with Crippen LogP contribution in [0.1, 0.15) is 9.67 Å². The average molecular weight is 353 g/mol. The monoisotopic (exact) mass is 353 g/mol. The van der Waals surface area contributed by atoms with Gasteiger partial charge in [0, 0.05) is 4.88 Å². The third kappa shape index (κ3) is 4.04. The fraction of sp³-hybridized carbons (Fsp3) is 0.214. The summed E-state index contributed by atoms with van der Waals surface area (Å²) in [6.07, 6.45) is -5.73. The number of benzene rings is 1. The predicted octanol–water partition coefficient (Wildman–Crippen LogP) is 4.48. The molecule has 0 aliphatic carbocycles. The predicted molar refractivity (Wildman–Crippen MR) is 73.0 cm³/mol. The number of nitrogens with one attached hydrogen (secondary N) is 1. The quantitative estimate of drug-likeness (QED) is 0.807. The van der Waals surface area contributed by atoms with E-state index >= 15 is 0 Å². The molecule has 2 aromatic rings. The van der Waals surface area contributed by atoms with Crippen LogP contribution in [0, 0.1) is 5.82 Å². The molecule has 124 valence electrons. The Morgan fingerprint density at radius 3 is 2.17 bits per heavy atom. The molecule has 1 N–H and O–H groups in total. The molecule has 0 unspecified atom stereocenters. The highest BCUT2D eigenvalue weighted by molar-refractivity contribution is 7.17. The van der Waals surface area contributed by atoms with E-state index in [4.69, 9.17) is 0 Å². The van der Waals surface area contributed by atoms with Crippen LogP contribution in [0.5, 0.6) is 0 Å². The Hall–Kier alpha value is -2.03. The van der Waals surface area contributed by atoms with E-state index < -0.39 is 30.4 Å². The summed E-state index contributed by atoms with van der Waals surface area (Å²) in [6, 6.07) is 8.12. The number of alkyl halides is 5. The first kappa shape index (κ1) is 17.3. The molecule has 2 rings (SSSR count). The smallest absolute Gasteiger partial charge is 0.345 e. The molecule has 0 saturated carbocycles. The summed E-state index contributed by atoms with van der Waals surface area (Å²) in [5.41, 5.74) is 0.594. The lowest BCUT2D eigenvalue weighted by Gasteiger charge is -2.19. The van der Waals surface area contributed by atoms with Gasteiger partial charge in [-0.05, 0) is 29.8 Å². The molecule has 0 fully saturated rings. The zero-order valence-corrected chi connectivity index (χ0v) is 12.1. The zero-order valence-electron chi connectivity index (χ0n) is 11.3. The highest BCUT2D eigenvalue weighted by atomic mass is 32.1. The van der Waals surface area contributed by atoms with E-state index in [1.54, 1.807) is 5.32 Å². The standard InChI is InChI=1S/C14H9F6NOS/c15-9-3-1-8(2-4-9)10-5-6-11(23-10)12(22)21-7-13(16,17)14(18,19)20/h1-6H,7H2,(H,21,22). The Balaban J connectivity index is 2.06. The van der Waals surface area contributed by atoms with Crippen molar-refractivity contribution >= 4 is 17.2 Å². The minimum Gasteiger partial charge on any atom is -0.345 e. The molecule has 0 aliphatic heterocycles. The van der Waals surface area contributed by atoms with Gasteiger partial charge in [0.25, 0.3) is 5.91 Å². The van der Waals surface area contributed by atoms with Crippen LogP contribution in [-0.2, 0) is 0 Å². The van der Waals surface area contributed by atoms with E-state index in [-0.39, 0.29) is 4.88 Å². The lowest BCUT2D eigenvalue weighted by Crippen LogP contribution is -2.46. The maximum Gasteiger partial charge on any atom is 0.455 e. The Labute approximate surface area is 130 Å². The number of thiophene rings is 1. The summed E-state index contributed by atoms with van der Waals surface area (Å²) >= 11 is 0.897. The second-order valence-electron chi connectivity index (χ2n) is 4.56. The van der Waals surface area contributed by atoms with Crippen LogP contribution in [0.3, 0.4) is 0 Å². The highest BCUT2D eigenvalue weighted by Gasteiger charge is 2.57. The fourth-order valence-electron chi connectivity index (χ4n) is 1.61. The number of carbonyl (C=O) groups excluding carboxylic acids is 1. The topological polar surface area (TPSA) is 29.1 Å². The van der Waals surface area contributed by atoms with E-state index in [2.05, 4.69) is 0 Å². The Morgan fingerprint density at radius 2 is 1.61 bits per heavy atom. The highest BCUT2D eigenvalue weighted by Crippen LogP contribution is 2.35. The van der Waals surface area contributed by atoms with Crippen molar-refractivity contribution in [1.29, 1.82) is 0 Å². The van der Waals surface area contributed by atoms with Gasteiger partial charge in [0.2, 0.25) is 0 Å². The van der Waals surface area contributed by atoms with Gasteiger partial charge in [0.1, 0.15) is 5.82 Å². The number of carbonyl (C=O) groups is 1. The first-order valence-corrected chi connectivity index (χ1v) is 7.00. The summed E-state index contributed by atoms with van der Waals surface area (Å²) in [7, 11) is 0. The number of rotatable bonds is 4. The van der Waals surface area contributed by atoms with Gasteiger partial charge in [-0.25, -0.2) is 4.39 Å². The maximum absolute atomic E-state index is 12.8. The van der Waals surface area contributed by atoms with Crippen molar-refractivity contribution in [1.82, 2.24) is 5.32 Å². The van der Waals surface area contributed by atoms with E-state index in [1.807, 2.05) is 0 Å². The van der Waals surface area contributed by atoms with Crippen molar-refractivity contribution in [3.05, 3.63) is 47.1 Å². The average Bonchev–Trinajstić information content (AvgIpc) is 2.94. The molecule has 0 aliphatic rings. The van der Waals surface area contributed by atoms with Crippen molar-refractivity contribution in [2.75, 3.05) is 6.54 Å². The second-order valence-corrected chi connectivity index (χ2v) is 5.64. The van der Waals surface area contributed by atoms with Gasteiger partial charge >= 0.3 is 12.1 Å². The van der Waals surface area contributed by atoms with Crippen molar-refractivity contribution in [3.8, 4) is 10.4 Å². The molecule has 1 amide bonds. The largest absolute Gasteiger partial charge is 0.455 e. The van der Waals surface area contributed by atoms with E-state index in [0.29, 0.717) is 10.4 Å². The Bertz CT molecular complexity index is 692. The van der Waals surface area contributed by atoms with Crippen molar-refractivity contribution in [3.63, 3.8) is 0 Å². The first-order valence-electron chi connectivity index (χ1n) is 6.19. The van der Waals surface area contributed by atoms with E-state index in [9.17, 15) is 31.1 Å². The van der Waals surface area contributed by atoms with Crippen LogP contribution in [0.2, 0.25) is 0 Å². The summed E-state index contributed by atoms with van der Waals surface area (Å²) in [5, 5.41) is 1.56. The molecule has 0 spiro atoms. The van der Waals surface area contributed by atoms with Gasteiger partial charge in [-0.15, -0.1) is 11.3 Å². The van der Waals surface area contributed by atoms with Gasteiger partial charge in [-0.2, -0.15) is 22.0 Å². The van der Waals surface area contributed by atoms with E-state index in [0.717, 1.165) is 11.3 Å². The van der Waals surface area contributed by atoms with Crippen molar-refractivity contribution in [2.24, 2.45) is 0 Å². The van der Waals surface area contributed by atoms with Crippen LogP contribution < -0.4 is 5.32 Å². The molecule has 23 heavy (non-hydrogen) atoms. The number of hydrogen-bond acceptors (Lipinski definition) is 2. The maximum atomic E-state index is 12.8. The second kappa shape index (κ2) is 6.23. The lowest BCUT2D eigenvalue weighted by molar-refractivity contribution is -0.278. The van der Waals surface area contributed by atoms with Gasteiger partial charge in [0.05, 0.1) is 11.4 Å². The first-order chi connectivity index (χ1) is 10.6. The molecule has 1 aromatic carbocycles. The summed E-state index contributed by atoms with van der Waals surface area (Å²) < 4.78 is 74.4. The molecule has 0 atom stereocenters. The summed E-state index contributed by atoms with van der Waals surface area (Å²) in [5.74, 6) is -6.48. The molecule has 0 radical (unpaired) electrons. The van der Waals surface area contributed by atoms with Crippen LogP contribution >= 0.6 is 11.3 Å². The SMILES string of the molecule is O=C(NCC(F)(F)C(F)(F)F)c1ccc(-c2ccc(F)cc2)s1. The molecular weight excluding hydrogens is 344 g/mol. The Morgan fingerprint density at radius 1 is 1.00 bits per heavy atom. The molecule has 9 heteroatoms. The van der Waals surface area contributed by atoms with Crippen molar-refractivity contribution in [2.45, 2.75) is 12.1 Å². The number of halogens is 6. The minimum atomic E-state index is -5.73. The van der Waals surface area contributed by atoms with E-state index in [1.165, 1.54) is 36.4 Å². The van der Waals surface area contributed by atoms with Gasteiger partial charge < -0.3 is 5.32 Å². The fourth-order valence-corrected chi connectivity index (χ4v) is 2.54. The minimum absolute atomic E-state index is 0.0256. The van der Waals surface area contributed by atoms with Crippen LogP contribution in [0.15, 0.2) is 36.4 Å². The number of amides is 1. The zero-order chi connectivity index (χ0) is 17.3. The third-order valence-corrected chi connectivity index (χ3v) is 3.98. The third-order valence-electron chi connectivity index (χ3n) is 2.84. The normalized spacial score (nSPS) is 12.3. The van der Waals surface area contributed by atoms with Crippen LogP contribution in [0.4, 0.5) is 26.3 Å². The van der Waals surface area contributed by atoms with Crippen LogP contribution in [0.25, 0.3) is 10.4 Å². The van der Waals surface area contributed by atoms with Gasteiger partial charge in [-0.1, -0.05) is 12.1 Å². The van der Waals surface area contributed by atoms with Gasteiger partial charge in [-0.3, -0.25) is 4.79 Å². The molecule has 0 saturated heterocycles. The molecular formula is C14H9F6NOS. The molecule has 0 bridgehead atoms. The van der Waals surface area contributed by atoms with Crippen molar-refractivity contribution < 1.29 is 31.1 Å². The molecule has 1 aromatic heterocycles. The summed E-state index contributed by atoms with van der Waals surface area (Å²) in [4.78, 5) is 12.2. The summed E-state index contributed by atoms with van der Waals surface area (Å²) in [6.45, 7) is -1.83.